The van der Waals surface area contributed by atoms with Crippen LogP contribution in [0.15, 0.2) is 18.2 Å². The molecule has 0 aliphatic carbocycles. The first-order chi connectivity index (χ1) is 10.1. The molecule has 0 saturated heterocycles. The smallest absolute Gasteiger partial charge is 0.0652 e. The number of benzene rings is 1. The summed E-state index contributed by atoms with van der Waals surface area (Å²) in [6, 6.07) is 7.08. The van der Waals surface area contributed by atoms with Gasteiger partial charge in [0.05, 0.1) is 0 Å². The van der Waals surface area contributed by atoms with Gasteiger partial charge in [-0.3, -0.25) is 0 Å². The fourth-order valence-electron chi connectivity index (χ4n) is 3.63. The van der Waals surface area contributed by atoms with Crippen LogP contribution in [0.3, 0.4) is 0 Å². The zero-order valence-electron chi connectivity index (χ0n) is 16.6. The maximum absolute atomic E-state index is 2.44. The minimum atomic E-state index is 0.184. The molecule has 0 N–H and O–H groups in total. The van der Waals surface area contributed by atoms with Gasteiger partial charge in [-0.05, 0) is 32.7 Å². The van der Waals surface area contributed by atoms with Crippen molar-refractivity contribution in [1.82, 2.24) is 0 Å². The van der Waals surface area contributed by atoms with E-state index in [1.165, 1.54) is 25.7 Å². The molecule has 2 heteroatoms. The highest BCUT2D eigenvalue weighted by Crippen LogP contribution is 2.43. The Morgan fingerprint density at radius 2 is 1.05 bits per heavy atom. The number of hydrogen-bond donors (Lipinski definition) is 0. The lowest BCUT2D eigenvalue weighted by Gasteiger charge is -2.40. The Labute approximate surface area is 141 Å². The van der Waals surface area contributed by atoms with Crippen LogP contribution in [0.4, 0.5) is 0 Å². The van der Waals surface area contributed by atoms with Gasteiger partial charge in [-0.15, -0.1) is 0 Å². The fourth-order valence-corrected chi connectivity index (χ4v) is 3.63. The quantitative estimate of drug-likeness (QED) is 0.688. The Hall–Kier alpha value is -0.650. The third kappa shape index (κ3) is 3.47. The monoisotopic (exact) mass is 298 g/mol. The molecule has 0 unspecified atom stereocenters. The Morgan fingerprint density at radius 3 is 1.27 bits per heavy atom. The van der Waals surface area contributed by atoms with Crippen molar-refractivity contribution in [2.75, 3.05) is 0 Å². The Balaban J connectivity index is 3.76. The van der Waals surface area contributed by atoms with E-state index in [4.69, 9.17) is 0 Å². The zero-order chi connectivity index (χ0) is 17.2. The molecule has 122 valence electrons. The number of hydrogen-bond acceptors (Lipinski definition) is 0. The molecule has 1 aromatic carbocycles. The molecule has 0 spiro atoms. The van der Waals surface area contributed by atoms with Gasteiger partial charge >= 0.3 is 0 Å². The normalized spacial score (nSPS) is 13.4. The van der Waals surface area contributed by atoms with Crippen LogP contribution in [0, 0.1) is 0 Å². The Morgan fingerprint density at radius 1 is 0.727 bits per heavy atom. The molecule has 0 radical (unpaired) electrons. The van der Waals surface area contributed by atoms with Crippen LogP contribution in [0.5, 0.6) is 0 Å². The molecule has 0 heterocycles. The maximum Gasteiger partial charge on any atom is 0.115 e. The van der Waals surface area contributed by atoms with Gasteiger partial charge in [-0.1, -0.05) is 92.3 Å². The summed E-state index contributed by atoms with van der Waals surface area (Å²) in [6.07, 6.45) is 4.80. The molecule has 0 aromatic heterocycles. The van der Waals surface area contributed by atoms with Gasteiger partial charge in [0.25, 0.3) is 0 Å². The predicted molar refractivity (Wildman–Crippen MR) is 107 cm³/mol. The molecule has 0 aliphatic rings. The van der Waals surface area contributed by atoms with Crippen LogP contribution in [-0.4, -0.2) is 15.7 Å². The molecular formula is C20H36B2. The summed E-state index contributed by atoms with van der Waals surface area (Å²) in [4.78, 5) is 0. The van der Waals surface area contributed by atoms with Crippen molar-refractivity contribution in [3.05, 3.63) is 34.9 Å². The summed E-state index contributed by atoms with van der Waals surface area (Å²) in [5, 5.41) is 0.558. The summed E-state index contributed by atoms with van der Waals surface area (Å²) in [6.45, 7) is 16.5. The van der Waals surface area contributed by atoms with Crippen LogP contribution in [0.1, 0.15) is 90.8 Å². The summed E-state index contributed by atoms with van der Waals surface area (Å²) >= 11 is 0. The van der Waals surface area contributed by atoms with Gasteiger partial charge in [0.1, 0.15) is 15.7 Å². The van der Waals surface area contributed by atoms with Crippen molar-refractivity contribution in [3.63, 3.8) is 0 Å². The molecule has 0 bridgehead atoms. The highest BCUT2D eigenvalue weighted by Gasteiger charge is 2.35. The average Bonchev–Trinajstić information content (AvgIpc) is 2.51. The second-order valence-corrected chi connectivity index (χ2v) is 8.51. The second kappa shape index (κ2) is 6.85. The first-order valence-corrected chi connectivity index (χ1v) is 9.24. The highest BCUT2D eigenvalue weighted by molar-refractivity contribution is 6.17. The van der Waals surface area contributed by atoms with Crippen molar-refractivity contribution in [2.24, 2.45) is 0 Å². The molecule has 22 heavy (non-hydrogen) atoms. The van der Waals surface area contributed by atoms with E-state index in [1.54, 1.807) is 16.7 Å². The van der Waals surface area contributed by atoms with Crippen LogP contribution in [0.25, 0.3) is 0 Å². The first-order valence-electron chi connectivity index (χ1n) is 9.24. The molecular weight excluding hydrogens is 262 g/mol. The van der Waals surface area contributed by atoms with E-state index in [2.05, 4.69) is 82.4 Å². The summed E-state index contributed by atoms with van der Waals surface area (Å²) in [5.41, 5.74) is 4.95. The number of rotatable bonds is 6. The molecule has 0 atom stereocenters. The van der Waals surface area contributed by atoms with Gasteiger partial charge in [-0.2, -0.15) is 0 Å². The van der Waals surface area contributed by atoms with E-state index >= 15 is 0 Å². The average molecular weight is 298 g/mol. The minimum Gasteiger partial charge on any atom is -0.0652 e. The lowest BCUT2D eigenvalue weighted by atomic mass is 9.53. The van der Waals surface area contributed by atoms with E-state index in [9.17, 15) is 0 Å². The SMILES string of the molecule is BC(CC)(CC)c1cccc(C(B)(CC)CC)c1C(C)(C)C. The van der Waals surface area contributed by atoms with E-state index in [1.807, 2.05) is 0 Å². The van der Waals surface area contributed by atoms with Crippen molar-refractivity contribution < 1.29 is 0 Å². The maximum atomic E-state index is 2.44. The molecule has 0 amide bonds. The topological polar surface area (TPSA) is 0 Å². The predicted octanol–water partition coefficient (Wildman–Crippen LogP) is 4.28. The lowest BCUT2D eigenvalue weighted by Crippen LogP contribution is -2.35. The summed E-state index contributed by atoms with van der Waals surface area (Å²) < 4.78 is 0. The summed E-state index contributed by atoms with van der Waals surface area (Å²) in [5.74, 6) is 0. The molecule has 0 aliphatic heterocycles. The van der Waals surface area contributed by atoms with Crippen LogP contribution in [-0.2, 0) is 16.0 Å². The van der Waals surface area contributed by atoms with Gasteiger partial charge in [0, 0.05) is 0 Å². The van der Waals surface area contributed by atoms with Crippen molar-refractivity contribution >= 4 is 15.7 Å². The minimum absolute atomic E-state index is 0.184. The molecule has 0 saturated carbocycles. The van der Waals surface area contributed by atoms with E-state index in [0.717, 1.165) is 0 Å². The van der Waals surface area contributed by atoms with Crippen LogP contribution in [0.2, 0.25) is 0 Å². The standard InChI is InChI=1S/C20H36B2/c1-8-19(21,9-2)15-13-12-14-16(17(15)18(5,6)7)20(22,10-3)11-4/h12-14H,8-11,21-22H2,1-7H3. The molecule has 0 nitrogen and oxygen atoms in total. The Bertz CT molecular complexity index is 453. The molecule has 0 fully saturated rings. The van der Waals surface area contributed by atoms with E-state index in [-0.39, 0.29) is 16.0 Å². The van der Waals surface area contributed by atoms with Crippen LogP contribution < -0.4 is 0 Å². The van der Waals surface area contributed by atoms with Crippen molar-refractivity contribution in [3.8, 4) is 0 Å². The fraction of sp³-hybridized carbons (Fsp3) is 0.700. The molecule has 1 aromatic rings. The highest BCUT2D eigenvalue weighted by atomic mass is 14.4. The van der Waals surface area contributed by atoms with Crippen molar-refractivity contribution in [1.29, 1.82) is 0 Å². The third-order valence-corrected chi connectivity index (χ3v) is 6.24. The zero-order valence-corrected chi connectivity index (χ0v) is 16.6. The van der Waals surface area contributed by atoms with Gasteiger partial charge in [0.15, 0.2) is 0 Å². The lowest BCUT2D eigenvalue weighted by molar-refractivity contribution is 0.492. The van der Waals surface area contributed by atoms with Crippen LogP contribution >= 0.6 is 0 Å². The Kier molecular flexibility index (Phi) is 6.04. The van der Waals surface area contributed by atoms with E-state index < -0.39 is 0 Å². The van der Waals surface area contributed by atoms with Gasteiger partial charge in [-0.25, -0.2) is 0 Å². The third-order valence-electron chi connectivity index (χ3n) is 6.24. The van der Waals surface area contributed by atoms with Gasteiger partial charge < -0.3 is 0 Å². The van der Waals surface area contributed by atoms with E-state index in [0.29, 0.717) is 0 Å². The van der Waals surface area contributed by atoms with Crippen molar-refractivity contribution in [2.45, 2.75) is 90.2 Å². The summed E-state index contributed by atoms with van der Waals surface area (Å²) in [7, 11) is 4.88. The molecule has 1 rings (SSSR count). The second-order valence-electron chi connectivity index (χ2n) is 8.51. The largest absolute Gasteiger partial charge is 0.115 e. The van der Waals surface area contributed by atoms with Gasteiger partial charge in [0.2, 0.25) is 0 Å². The first kappa shape index (κ1) is 19.4.